The van der Waals surface area contributed by atoms with Crippen LogP contribution in [0.25, 0.3) is 0 Å². The van der Waals surface area contributed by atoms with E-state index in [1.807, 2.05) is 0 Å². The lowest BCUT2D eigenvalue weighted by molar-refractivity contribution is -0.384. The van der Waals surface area contributed by atoms with Crippen molar-refractivity contribution in [3.8, 4) is 5.75 Å². The minimum Gasteiger partial charge on any atom is -0.481 e. The largest absolute Gasteiger partial charge is 0.481 e. The molecule has 24 heavy (non-hydrogen) atoms. The summed E-state index contributed by atoms with van der Waals surface area (Å²) in [6.45, 7) is 6.39. The van der Waals surface area contributed by atoms with Gasteiger partial charge in [0.1, 0.15) is 11.4 Å². The molecular weight excluding hydrogens is 320 g/mol. The highest BCUT2D eigenvalue weighted by Gasteiger charge is 2.25. The molecule has 0 aromatic heterocycles. The van der Waals surface area contributed by atoms with E-state index in [0.29, 0.717) is 5.56 Å². The molecule has 1 rings (SSSR count). The molecule has 0 aliphatic carbocycles. The highest BCUT2D eigenvalue weighted by molar-refractivity contribution is 5.89. The Morgan fingerprint density at radius 2 is 1.83 bits per heavy atom. The molecule has 1 amide bonds. The summed E-state index contributed by atoms with van der Waals surface area (Å²) >= 11 is 0. The molecule has 0 aliphatic rings. The summed E-state index contributed by atoms with van der Waals surface area (Å²) in [7, 11) is 0. The smallest absolute Gasteiger partial charge is 0.411 e. The van der Waals surface area contributed by atoms with Crippen LogP contribution < -0.4 is 10.1 Å². The van der Waals surface area contributed by atoms with Gasteiger partial charge >= 0.3 is 12.1 Å². The second kappa shape index (κ2) is 8.70. The SMILES string of the molecule is CCOC(=O)COc1c(C)cc(NC(=O)OCC)c([N+](=O)[O-])c1C. The van der Waals surface area contributed by atoms with Crippen molar-refractivity contribution in [2.24, 2.45) is 0 Å². The van der Waals surface area contributed by atoms with E-state index in [1.165, 1.54) is 13.0 Å². The molecule has 1 N–H and O–H groups in total. The summed E-state index contributed by atoms with van der Waals surface area (Å²) in [5.41, 5.74) is 0.384. The van der Waals surface area contributed by atoms with Crippen LogP contribution in [0.4, 0.5) is 16.2 Å². The number of nitrogens with one attached hydrogen (secondary N) is 1. The summed E-state index contributed by atoms with van der Waals surface area (Å²) in [6.07, 6.45) is -0.792. The van der Waals surface area contributed by atoms with Crippen LogP contribution in [0, 0.1) is 24.0 Å². The highest BCUT2D eigenvalue weighted by Crippen LogP contribution is 2.38. The van der Waals surface area contributed by atoms with Gasteiger partial charge in [0.2, 0.25) is 0 Å². The molecule has 9 heteroatoms. The predicted molar refractivity (Wildman–Crippen MR) is 85.3 cm³/mol. The molecule has 0 atom stereocenters. The summed E-state index contributed by atoms with van der Waals surface area (Å²) in [5, 5.41) is 13.7. The van der Waals surface area contributed by atoms with Crippen LogP contribution in [0.15, 0.2) is 6.07 Å². The quantitative estimate of drug-likeness (QED) is 0.460. The van der Waals surface area contributed by atoms with Gasteiger partial charge in [-0.3, -0.25) is 15.4 Å². The summed E-state index contributed by atoms with van der Waals surface area (Å²) in [5.74, 6) is -0.378. The number of hydrogen-bond acceptors (Lipinski definition) is 7. The van der Waals surface area contributed by atoms with Crippen molar-refractivity contribution in [2.45, 2.75) is 27.7 Å². The number of anilines is 1. The molecule has 9 nitrogen and oxygen atoms in total. The van der Waals surface area contributed by atoms with Crippen molar-refractivity contribution >= 4 is 23.4 Å². The van der Waals surface area contributed by atoms with Crippen LogP contribution in [-0.2, 0) is 14.3 Å². The molecule has 0 bridgehead atoms. The fraction of sp³-hybridized carbons (Fsp3) is 0.467. The number of nitrogens with zero attached hydrogens (tertiary/aromatic N) is 1. The monoisotopic (exact) mass is 340 g/mol. The van der Waals surface area contributed by atoms with E-state index in [9.17, 15) is 19.7 Å². The van der Waals surface area contributed by atoms with E-state index in [-0.39, 0.29) is 42.5 Å². The number of carbonyl (C=O) groups is 2. The lowest BCUT2D eigenvalue weighted by Crippen LogP contribution is -2.17. The zero-order valence-corrected chi connectivity index (χ0v) is 14.0. The van der Waals surface area contributed by atoms with Gasteiger partial charge in [0.05, 0.1) is 23.7 Å². The number of ether oxygens (including phenoxy) is 3. The van der Waals surface area contributed by atoms with Crippen LogP contribution >= 0.6 is 0 Å². The summed E-state index contributed by atoms with van der Waals surface area (Å²) in [6, 6.07) is 1.39. The van der Waals surface area contributed by atoms with Crippen molar-refractivity contribution < 1.29 is 28.7 Å². The number of benzene rings is 1. The van der Waals surface area contributed by atoms with E-state index in [2.05, 4.69) is 5.32 Å². The first-order chi connectivity index (χ1) is 11.3. The van der Waals surface area contributed by atoms with Gasteiger partial charge in [-0.1, -0.05) is 0 Å². The van der Waals surface area contributed by atoms with E-state index < -0.39 is 17.0 Å². The number of nitro groups is 1. The second-order valence-electron chi connectivity index (χ2n) is 4.74. The number of nitro benzene ring substituents is 1. The van der Waals surface area contributed by atoms with Gasteiger partial charge in [0, 0.05) is 0 Å². The number of carbonyl (C=O) groups excluding carboxylic acids is 2. The normalized spacial score (nSPS) is 10.0. The Labute approximate surface area is 139 Å². The number of aryl methyl sites for hydroxylation is 1. The van der Waals surface area contributed by atoms with Gasteiger partial charge < -0.3 is 14.2 Å². The van der Waals surface area contributed by atoms with E-state index in [1.54, 1.807) is 20.8 Å². The first kappa shape index (κ1) is 19.2. The molecule has 0 radical (unpaired) electrons. The van der Waals surface area contributed by atoms with Gasteiger partial charge in [0.15, 0.2) is 6.61 Å². The zero-order valence-electron chi connectivity index (χ0n) is 14.0. The van der Waals surface area contributed by atoms with Crippen LogP contribution in [-0.4, -0.2) is 36.8 Å². The fourth-order valence-corrected chi connectivity index (χ4v) is 2.12. The second-order valence-corrected chi connectivity index (χ2v) is 4.74. The van der Waals surface area contributed by atoms with Crippen molar-refractivity contribution in [1.29, 1.82) is 0 Å². The Hall–Kier alpha value is -2.84. The molecule has 0 heterocycles. The minimum atomic E-state index is -0.792. The van der Waals surface area contributed by atoms with E-state index in [0.717, 1.165) is 0 Å². The third-order valence-corrected chi connectivity index (χ3v) is 3.00. The minimum absolute atomic E-state index is 0.00284. The van der Waals surface area contributed by atoms with Crippen molar-refractivity contribution in [2.75, 3.05) is 25.1 Å². The maximum Gasteiger partial charge on any atom is 0.411 e. The summed E-state index contributed by atoms with van der Waals surface area (Å²) < 4.78 is 14.8. The Balaban J connectivity index is 3.16. The third-order valence-electron chi connectivity index (χ3n) is 3.00. The summed E-state index contributed by atoms with van der Waals surface area (Å²) in [4.78, 5) is 33.6. The van der Waals surface area contributed by atoms with Crippen molar-refractivity contribution in [3.05, 3.63) is 27.3 Å². The van der Waals surface area contributed by atoms with E-state index in [4.69, 9.17) is 14.2 Å². The van der Waals surface area contributed by atoms with Crippen LogP contribution in [0.5, 0.6) is 5.75 Å². The number of amides is 1. The Morgan fingerprint density at radius 1 is 1.21 bits per heavy atom. The standard InChI is InChI=1S/C15H20N2O7/c1-5-22-12(18)8-24-14-9(3)7-11(16-15(19)23-6-2)13(10(14)4)17(20)21/h7H,5-6,8H2,1-4H3,(H,16,19). The highest BCUT2D eigenvalue weighted by atomic mass is 16.6. The molecular formula is C15H20N2O7. The molecule has 0 unspecified atom stereocenters. The third kappa shape index (κ3) is 4.83. The lowest BCUT2D eigenvalue weighted by atomic mass is 10.1. The molecule has 0 saturated carbocycles. The Kier molecular flexibility index (Phi) is 6.97. The first-order valence-electron chi connectivity index (χ1n) is 7.32. The predicted octanol–water partition coefficient (Wildman–Crippen LogP) is 2.72. The Morgan fingerprint density at radius 3 is 2.38 bits per heavy atom. The topological polar surface area (TPSA) is 117 Å². The molecule has 1 aromatic carbocycles. The van der Waals surface area contributed by atoms with Crippen molar-refractivity contribution in [3.63, 3.8) is 0 Å². The zero-order chi connectivity index (χ0) is 18.3. The molecule has 1 aromatic rings. The average Bonchev–Trinajstić information content (AvgIpc) is 2.46. The molecule has 0 aliphatic heterocycles. The molecule has 132 valence electrons. The van der Waals surface area contributed by atoms with Gasteiger partial charge in [-0.05, 0) is 39.3 Å². The maximum absolute atomic E-state index is 11.5. The van der Waals surface area contributed by atoms with Gasteiger partial charge in [-0.25, -0.2) is 9.59 Å². The number of hydrogen-bond donors (Lipinski definition) is 1. The molecule has 0 saturated heterocycles. The van der Waals surface area contributed by atoms with Crippen molar-refractivity contribution in [1.82, 2.24) is 0 Å². The molecule has 0 spiro atoms. The number of esters is 1. The van der Waals surface area contributed by atoms with Crippen LogP contribution in [0.2, 0.25) is 0 Å². The Bertz CT molecular complexity index is 643. The average molecular weight is 340 g/mol. The van der Waals surface area contributed by atoms with Gasteiger partial charge in [0.25, 0.3) is 5.69 Å². The maximum atomic E-state index is 11.5. The van der Waals surface area contributed by atoms with Gasteiger partial charge in [-0.2, -0.15) is 0 Å². The van der Waals surface area contributed by atoms with Crippen LogP contribution in [0.3, 0.4) is 0 Å². The van der Waals surface area contributed by atoms with E-state index >= 15 is 0 Å². The lowest BCUT2D eigenvalue weighted by Gasteiger charge is -2.15. The first-order valence-corrected chi connectivity index (χ1v) is 7.32. The number of rotatable bonds is 7. The molecule has 0 fully saturated rings. The van der Waals surface area contributed by atoms with Gasteiger partial charge in [-0.15, -0.1) is 0 Å². The fourth-order valence-electron chi connectivity index (χ4n) is 2.12. The van der Waals surface area contributed by atoms with Crippen LogP contribution in [0.1, 0.15) is 25.0 Å².